The summed E-state index contributed by atoms with van der Waals surface area (Å²) in [6, 6.07) is 18.6. The summed E-state index contributed by atoms with van der Waals surface area (Å²) in [5.41, 5.74) is 3.53. The molecule has 206 valence electrons. The van der Waals surface area contributed by atoms with Gasteiger partial charge in [-0.25, -0.2) is 8.42 Å². The van der Waals surface area contributed by atoms with Gasteiger partial charge in [-0.05, 0) is 60.0 Å². The van der Waals surface area contributed by atoms with Gasteiger partial charge >= 0.3 is 5.97 Å². The number of carbonyl (C=O) groups is 3. The molecule has 0 spiro atoms. The van der Waals surface area contributed by atoms with Gasteiger partial charge in [0.1, 0.15) is 6.54 Å². The van der Waals surface area contributed by atoms with E-state index in [1.54, 1.807) is 22.8 Å². The second-order valence-corrected chi connectivity index (χ2v) is 12.2. The molecule has 0 unspecified atom stereocenters. The number of nitrogens with zero attached hydrogens (tertiary/aromatic N) is 3. The predicted octanol–water partition coefficient (Wildman–Crippen LogP) is 3.32. The molecule has 4 aromatic rings. The molecule has 1 aromatic heterocycles. The molecule has 0 saturated carbocycles. The van der Waals surface area contributed by atoms with Crippen LogP contribution < -0.4 is 10.1 Å². The average molecular weight is 579 g/mol. The Morgan fingerprint density at radius 2 is 1.75 bits per heavy atom. The van der Waals surface area contributed by atoms with E-state index >= 15 is 0 Å². The van der Waals surface area contributed by atoms with E-state index in [1.165, 1.54) is 53.9 Å². The van der Waals surface area contributed by atoms with E-state index in [9.17, 15) is 22.8 Å². The fourth-order valence-corrected chi connectivity index (χ4v) is 7.02. The smallest absolute Gasteiger partial charge is 0.325 e. The van der Waals surface area contributed by atoms with Crippen molar-refractivity contribution < 1.29 is 27.5 Å². The number of ether oxygens (including phenoxy) is 1. The number of aromatic nitrogens is 1. The summed E-state index contributed by atoms with van der Waals surface area (Å²) >= 11 is 1.18. The Labute approximate surface area is 234 Å². The number of nitrogens with one attached hydrogen (secondary N) is 1. The van der Waals surface area contributed by atoms with Gasteiger partial charge < -0.3 is 14.6 Å². The number of amides is 2. The van der Waals surface area contributed by atoms with E-state index in [-0.39, 0.29) is 27.7 Å². The van der Waals surface area contributed by atoms with E-state index in [1.807, 2.05) is 24.3 Å². The molecule has 12 heteroatoms. The highest BCUT2D eigenvalue weighted by Gasteiger charge is 2.28. The van der Waals surface area contributed by atoms with Gasteiger partial charge in [0.2, 0.25) is 15.9 Å². The molecule has 0 atom stereocenters. The van der Waals surface area contributed by atoms with Gasteiger partial charge in [-0.1, -0.05) is 35.6 Å². The number of methoxy groups -OCH3 is 1. The maximum atomic E-state index is 13.3. The van der Waals surface area contributed by atoms with Gasteiger partial charge in [0.05, 0.1) is 22.2 Å². The summed E-state index contributed by atoms with van der Waals surface area (Å²) in [5, 5.41) is 2.71. The fraction of sp³-hybridized carbons (Fsp3) is 0.214. The largest absolute Gasteiger partial charge is 0.468 e. The molecule has 0 saturated heterocycles. The van der Waals surface area contributed by atoms with Crippen LogP contribution in [-0.4, -0.2) is 48.7 Å². The van der Waals surface area contributed by atoms with Gasteiger partial charge in [-0.2, -0.15) is 9.30 Å². The monoisotopic (exact) mass is 578 g/mol. The third-order valence-corrected chi connectivity index (χ3v) is 9.45. The zero-order chi connectivity index (χ0) is 28.4. The third-order valence-electron chi connectivity index (χ3n) is 6.55. The van der Waals surface area contributed by atoms with Crippen molar-refractivity contribution in [2.24, 2.45) is 4.99 Å². The molecule has 0 aliphatic carbocycles. The van der Waals surface area contributed by atoms with Crippen molar-refractivity contribution in [3.8, 4) is 0 Å². The normalized spacial score (nSPS) is 14.1. The Hall–Kier alpha value is -4.13. The lowest BCUT2D eigenvalue weighted by molar-refractivity contribution is -0.141. The molecular formula is C28H26N4O6S2. The van der Waals surface area contributed by atoms with E-state index in [0.29, 0.717) is 35.4 Å². The third kappa shape index (κ3) is 5.60. The standard InChI is InChI=1S/C28H26N4O6S2/c1-18(33)29-22-9-12-24-25(15-22)39-28(32(24)17-26(34)38-2)30-27(35)20-7-10-23(11-8-20)40(36,37)31-14-13-19-5-3-4-6-21(19)16-31/h3-12,15H,13-14,16-17H2,1-2H3,(H,29,33). The molecular weight excluding hydrogens is 552 g/mol. The van der Waals surface area contributed by atoms with Crippen molar-refractivity contribution >= 4 is 55.0 Å². The van der Waals surface area contributed by atoms with Crippen molar-refractivity contribution in [1.29, 1.82) is 0 Å². The molecule has 1 N–H and O–H groups in total. The highest BCUT2D eigenvalue weighted by atomic mass is 32.2. The maximum absolute atomic E-state index is 13.3. The molecule has 10 nitrogen and oxygen atoms in total. The number of hydrogen-bond donors (Lipinski definition) is 1. The van der Waals surface area contributed by atoms with E-state index < -0.39 is 21.9 Å². The summed E-state index contributed by atoms with van der Waals surface area (Å²) in [7, 11) is -2.48. The second-order valence-electron chi connectivity index (χ2n) is 9.21. The number of benzene rings is 3. The molecule has 5 rings (SSSR count). The van der Waals surface area contributed by atoms with Crippen molar-refractivity contribution in [3.63, 3.8) is 0 Å². The average Bonchev–Trinajstić information content (AvgIpc) is 3.27. The summed E-state index contributed by atoms with van der Waals surface area (Å²) < 4.78 is 35.1. The number of esters is 1. The molecule has 2 amide bonds. The molecule has 0 bridgehead atoms. The van der Waals surface area contributed by atoms with Crippen LogP contribution in [0.3, 0.4) is 0 Å². The van der Waals surface area contributed by atoms with Gasteiger partial charge in [0, 0.05) is 31.3 Å². The van der Waals surface area contributed by atoms with Crippen LogP contribution in [0.1, 0.15) is 28.4 Å². The van der Waals surface area contributed by atoms with Crippen LogP contribution in [-0.2, 0) is 43.9 Å². The van der Waals surface area contributed by atoms with Crippen LogP contribution in [0.15, 0.2) is 76.6 Å². The van der Waals surface area contributed by atoms with Crippen LogP contribution in [0.5, 0.6) is 0 Å². The number of sulfonamides is 1. The molecule has 3 aromatic carbocycles. The van der Waals surface area contributed by atoms with Crippen LogP contribution in [0.4, 0.5) is 5.69 Å². The van der Waals surface area contributed by atoms with Crippen LogP contribution in [0.2, 0.25) is 0 Å². The number of hydrogen-bond acceptors (Lipinski definition) is 7. The maximum Gasteiger partial charge on any atom is 0.325 e. The SMILES string of the molecule is COC(=O)Cn1c(=NC(=O)c2ccc(S(=O)(=O)N3CCc4ccccc4C3)cc2)sc2cc(NC(C)=O)ccc21. The minimum absolute atomic E-state index is 0.0940. The Kier molecular flexibility index (Phi) is 7.66. The number of carbonyl (C=O) groups excluding carboxylic acids is 3. The first-order chi connectivity index (χ1) is 19.2. The van der Waals surface area contributed by atoms with Gasteiger partial charge in [0.25, 0.3) is 5.91 Å². The van der Waals surface area contributed by atoms with Crippen molar-refractivity contribution in [2.45, 2.75) is 31.3 Å². The first-order valence-corrected chi connectivity index (χ1v) is 14.7. The lowest BCUT2D eigenvalue weighted by Gasteiger charge is -2.28. The zero-order valence-electron chi connectivity index (χ0n) is 21.8. The van der Waals surface area contributed by atoms with E-state index in [2.05, 4.69) is 10.3 Å². The van der Waals surface area contributed by atoms with Crippen LogP contribution in [0.25, 0.3) is 10.2 Å². The summed E-state index contributed by atoms with van der Waals surface area (Å²) in [4.78, 5) is 41.2. The number of rotatable bonds is 6. The molecule has 1 aliphatic heterocycles. The quantitative estimate of drug-likeness (QED) is 0.350. The van der Waals surface area contributed by atoms with Gasteiger partial charge in [-0.15, -0.1) is 0 Å². The van der Waals surface area contributed by atoms with Gasteiger partial charge in [0.15, 0.2) is 4.80 Å². The fourth-order valence-electron chi connectivity index (χ4n) is 4.53. The van der Waals surface area contributed by atoms with Crippen molar-refractivity contribution in [2.75, 3.05) is 19.0 Å². The number of fused-ring (bicyclic) bond motifs is 2. The summed E-state index contributed by atoms with van der Waals surface area (Å²) in [6.45, 7) is 1.91. The minimum Gasteiger partial charge on any atom is -0.468 e. The predicted molar refractivity (Wildman–Crippen MR) is 150 cm³/mol. The highest BCUT2D eigenvalue weighted by molar-refractivity contribution is 7.89. The number of anilines is 1. The summed E-state index contributed by atoms with van der Waals surface area (Å²) in [6.07, 6.45) is 0.637. The second kappa shape index (κ2) is 11.2. The van der Waals surface area contributed by atoms with E-state index in [0.717, 1.165) is 11.1 Å². The minimum atomic E-state index is -3.75. The van der Waals surface area contributed by atoms with Crippen molar-refractivity contribution in [1.82, 2.24) is 8.87 Å². The topological polar surface area (TPSA) is 127 Å². The Morgan fingerprint density at radius 3 is 2.45 bits per heavy atom. The number of thiazole rings is 1. The molecule has 2 heterocycles. The molecule has 0 radical (unpaired) electrons. The Balaban J connectivity index is 1.43. The molecule has 40 heavy (non-hydrogen) atoms. The Morgan fingerprint density at radius 1 is 1.02 bits per heavy atom. The first-order valence-electron chi connectivity index (χ1n) is 12.4. The lowest BCUT2D eigenvalue weighted by Crippen LogP contribution is -2.35. The van der Waals surface area contributed by atoms with E-state index in [4.69, 9.17) is 4.74 Å². The molecule has 0 fully saturated rings. The zero-order valence-corrected chi connectivity index (χ0v) is 23.4. The Bertz CT molecular complexity index is 1810. The lowest BCUT2D eigenvalue weighted by atomic mass is 10.0. The van der Waals surface area contributed by atoms with Crippen LogP contribution >= 0.6 is 11.3 Å². The summed E-state index contributed by atoms with van der Waals surface area (Å²) in [5.74, 6) is -1.34. The first kappa shape index (κ1) is 27.4. The van der Waals surface area contributed by atoms with Crippen LogP contribution in [0, 0.1) is 0 Å². The van der Waals surface area contributed by atoms with Crippen molar-refractivity contribution in [3.05, 3.63) is 88.2 Å². The molecule has 1 aliphatic rings. The van der Waals surface area contributed by atoms with Gasteiger partial charge in [-0.3, -0.25) is 14.4 Å². The highest BCUT2D eigenvalue weighted by Crippen LogP contribution is 2.26.